The Morgan fingerprint density at radius 2 is 0.867 bits per heavy atom. The molecule has 210 valence electrons. The van der Waals surface area contributed by atoms with E-state index in [4.69, 9.17) is 15.0 Å². The molecule has 4 heteroatoms. The third kappa shape index (κ3) is 4.55. The van der Waals surface area contributed by atoms with Gasteiger partial charge in [-0.05, 0) is 0 Å². The van der Waals surface area contributed by atoms with E-state index in [-0.39, 0.29) is 14.5 Å². The van der Waals surface area contributed by atoms with E-state index in [1.54, 1.807) is 0 Å². The summed E-state index contributed by atoms with van der Waals surface area (Å²) >= 11 is 0.162. The van der Waals surface area contributed by atoms with Crippen molar-refractivity contribution in [1.82, 2.24) is 15.0 Å². The molecule has 0 spiro atoms. The molecule has 0 atom stereocenters. The number of aromatic nitrogens is 3. The third-order valence-electron chi connectivity index (χ3n) is 8.52. The van der Waals surface area contributed by atoms with Crippen LogP contribution in [0.25, 0.3) is 86.1 Å². The average Bonchev–Trinajstić information content (AvgIpc) is 3.50. The molecule has 9 rings (SSSR count). The van der Waals surface area contributed by atoms with E-state index >= 15 is 0 Å². The number of benzene rings is 7. The minimum absolute atomic E-state index is 0.162. The van der Waals surface area contributed by atoms with Gasteiger partial charge in [-0.1, -0.05) is 18.2 Å². The third-order valence-corrected chi connectivity index (χ3v) is 11.0. The van der Waals surface area contributed by atoms with Crippen LogP contribution in [0, 0.1) is 0 Å². The normalized spacial score (nSPS) is 11.6. The molecule has 3 nitrogen and oxygen atoms in total. The Balaban J connectivity index is 1.21. The van der Waals surface area contributed by atoms with Crippen LogP contribution >= 0.6 is 0 Å². The summed E-state index contributed by atoms with van der Waals surface area (Å²) in [5, 5.41) is 7.97. The van der Waals surface area contributed by atoms with Crippen LogP contribution in [-0.2, 0) is 0 Å². The summed E-state index contributed by atoms with van der Waals surface area (Å²) in [6.45, 7) is 0. The Bertz CT molecular complexity index is 2520. The zero-order valence-electron chi connectivity index (χ0n) is 24.2. The smallest absolute Gasteiger partial charge is 0.0617 e. The van der Waals surface area contributed by atoms with Gasteiger partial charge in [-0.25, -0.2) is 0 Å². The number of hydrogen-bond acceptors (Lipinski definition) is 3. The summed E-state index contributed by atoms with van der Waals surface area (Å²) in [6.07, 6.45) is 0. The Morgan fingerprint density at radius 1 is 0.356 bits per heavy atom. The van der Waals surface area contributed by atoms with E-state index in [0.717, 1.165) is 22.3 Å². The van der Waals surface area contributed by atoms with Crippen molar-refractivity contribution in [3.63, 3.8) is 0 Å². The zero-order valence-corrected chi connectivity index (χ0v) is 25.9. The van der Waals surface area contributed by atoms with Crippen LogP contribution in [0.4, 0.5) is 0 Å². The summed E-state index contributed by atoms with van der Waals surface area (Å²) in [5.74, 6) is 2.04. The molecule has 0 fully saturated rings. The standard InChI is InChI=1S/C41H25N3Se/c1-3-9-26(10-4-1)27-15-19-31(20-16-27)40-42-39(30-12-5-2-6-13-30)43-41(44-40)32-22-23-34-35-24-21-29-18-17-28-11-7-8-14-33(28)37(29)38(35)45-36(34)25-32/h1-25H. The Kier molecular flexibility index (Phi) is 6.15. The topological polar surface area (TPSA) is 38.7 Å². The predicted molar refractivity (Wildman–Crippen MR) is 189 cm³/mol. The fraction of sp³-hybridized carbons (Fsp3) is 0. The van der Waals surface area contributed by atoms with Crippen molar-refractivity contribution in [2.75, 3.05) is 0 Å². The van der Waals surface area contributed by atoms with Crippen LogP contribution in [0.1, 0.15) is 0 Å². The van der Waals surface area contributed by atoms with Gasteiger partial charge in [0, 0.05) is 0 Å². The first-order chi connectivity index (χ1) is 22.3. The van der Waals surface area contributed by atoms with Crippen LogP contribution in [-0.4, -0.2) is 29.5 Å². The fourth-order valence-corrected chi connectivity index (χ4v) is 9.01. The van der Waals surface area contributed by atoms with E-state index in [9.17, 15) is 0 Å². The van der Waals surface area contributed by atoms with E-state index in [0.29, 0.717) is 17.5 Å². The summed E-state index contributed by atoms with van der Waals surface area (Å²) in [5.41, 5.74) is 5.30. The molecule has 45 heavy (non-hydrogen) atoms. The van der Waals surface area contributed by atoms with Crippen molar-refractivity contribution in [3.8, 4) is 45.3 Å². The Labute approximate surface area is 266 Å². The maximum absolute atomic E-state index is 5.05. The molecule has 0 bridgehead atoms. The molecule has 0 N–H and O–H groups in total. The first-order valence-electron chi connectivity index (χ1n) is 15.0. The molecule has 0 radical (unpaired) electrons. The molecular formula is C41H25N3Se. The van der Waals surface area contributed by atoms with Crippen molar-refractivity contribution in [2.24, 2.45) is 0 Å². The summed E-state index contributed by atoms with van der Waals surface area (Å²) < 4.78 is 2.83. The quantitative estimate of drug-likeness (QED) is 0.142. The van der Waals surface area contributed by atoms with E-state index in [2.05, 4.69) is 127 Å². The molecule has 2 aromatic heterocycles. The van der Waals surface area contributed by atoms with Gasteiger partial charge in [0.2, 0.25) is 0 Å². The van der Waals surface area contributed by atoms with E-state index < -0.39 is 0 Å². The van der Waals surface area contributed by atoms with E-state index in [1.807, 2.05) is 24.3 Å². The van der Waals surface area contributed by atoms with Crippen molar-refractivity contribution in [1.29, 1.82) is 0 Å². The van der Waals surface area contributed by atoms with Gasteiger partial charge in [-0.3, -0.25) is 0 Å². The summed E-state index contributed by atoms with van der Waals surface area (Å²) in [4.78, 5) is 15.0. The molecule has 7 aromatic carbocycles. The van der Waals surface area contributed by atoms with Crippen LogP contribution in [0.2, 0.25) is 0 Å². The first-order valence-corrected chi connectivity index (χ1v) is 16.7. The number of hydrogen-bond donors (Lipinski definition) is 0. The number of nitrogens with zero attached hydrogens (tertiary/aromatic N) is 3. The number of rotatable bonds is 4. The average molecular weight is 639 g/mol. The predicted octanol–water partition coefficient (Wildman–Crippen LogP) is 10.2. The Hall–Kier alpha value is -5.41. The molecule has 0 aliphatic heterocycles. The van der Waals surface area contributed by atoms with Gasteiger partial charge in [0.25, 0.3) is 0 Å². The van der Waals surface area contributed by atoms with Gasteiger partial charge in [0.05, 0.1) is 0 Å². The molecule has 0 aliphatic rings. The zero-order chi connectivity index (χ0) is 29.7. The van der Waals surface area contributed by atoms with Gasteiger partial charge in [-0.2, -0.15) is 0 Å². The van der Waals surface area contributed by atoms with Crippen molar-refractivity contribution in [2.45, 2.75) is 0 Å². The van der Waals surface area contributed by atoms with Gasteiger partial charge in [0.1, 0.15) is 0 Å². The number of fused-ring (bicyclic) bond motifs is 7. The summed E-state index contributed by atoms with van der Waals surface area (Å²) in [6, 6.07) is 53.6. The van der Waals surface area contributed by atoms with Gasteiger partial charge in [0.15, 0.2) is 0 Å². The minimum atomic E-state index is 0.162. The second-order valence-corrected chi connectivity index (χ2v) is 13.5. The Morgan fingerprint density at radius 3 is 1.62 bits per heavy atom. The monoisotopic (exact) mass is 639 g/mol. The van der Waals surface area contributed by atoms with Crippen LogP contribution < -0.4 is 0 Å². The second-order valence-electron chi connectivity index (χ2n) is 11.3. The molecular weight excluding hydrogens is 613 g/mol. The molecule has 0 saturated carbocycles. The van der Waals surface area contributed by atoms with Crippen molar-refractivity contribution in [3.05, 3.63) is 152 Å². The SMILES string of the molecule is c1ccc(-c2ccc(-c3nc(-c4ccccc4)nc(-c4ccc5c(c4)[se]c4c5ccc5ccc6ccccc6c54)n3)cc2)cc1. The molecule has 9 aromatic rings. The minimum Gasteiger partial charge on any atom is -0.0617 e. The van der Waals surface area contributed by atoms with Gasteiger partial charge >= 0.3 is 249 Å². The first kappa shape index (κ1) is 26.0. The van der Waals surface area contributed by atoms with Crippen LogP contribution in [0.5, 0.6) is 0 Å². The van der Waals surface area contributed by atoms with Crippen LogP contribution in [0.3, 0.4) is 0 Å². The second kappa shape index (κ2) is 10.6. The molecule has 0 aliphatic carbocycles. The molecule has 0 amide bonds. The maximum atomic E-state index is 5.05. The molecule has 0 unspecified atom stereocenters. The van der Waals surface area contributed by atoms with Crippen molar-refractivity contribution >= 4 is 55.3 Å². The van der Waals surface area contributed by atoms with Gasteiger partial charge < -0.3 is 0 Å². The fourth-order valence-electron chi connectivity index (χ4n) is 6.25. The van der Waals surface area contributed by atoms with E-state index in [1.165, 1.54) is 46.4 Å². The van der Waals surface area contributed by atoms with Gasteiger partial charge in [-0.15, -0.1) is 0 Å². The van der Waals surface area contributed by atoms with Crippen molar-refractivity contribution < 1.29 is 0 Å². The van der Waals surface area contributed by atoms with Crippen LogP contribution in [0.15, 0.2) is 152 Å². The molecule has 0 saturated heterocycles. The molecule has 2 heterocycles. The summed E-state index contributed by atoms with van der Waals surface area (Å²) in [7, 11) is 0.